The van der Waals surface area contributed by atoms with Crippen molar-refractivity contribution >= 4 is 11.8 Å². The number of piperidine rings is 1. The van der Waals surface area contributed by atoms with E-state index in [0.717, 1.165) is 25.9 Å². The molecule has 0 aromatic carbocycles. The molecule has 3 N–H and O–H groups in total. The van der Waals surface area contributed by atoms with E-state index in [2.05, 4.69) is 10.2 Å². The van der Waals surface area contributed by atoms with Crippen LogP contribution in [0.25, 0.3) is 0 Å². The van der Waals surface area contributed by atoms with Crippen molar-refractivity contribution in [1.82, 2.24) is 15.1 Å². The molecule has 0 aliphatic carbocycles. The molecule has 0 radical (unpaired) electrons. The van der Waals surface area contributed by atoms with Crippen molar-refractivity contribution < 1.29 is 9.59 Å². The summed E-state index contributed by atoms with van der Waals surface area (Å²) in [5, 5.41) is 2.71. The molecule has 6 heteroatoms. The summed E-state index contributed by atoms with van der Waals surface area (Å²) >= 11 is 0. The summed E-state index contributed by atoms with van der Waals surface area (Å²) in [6, 6.07) is 0.268. The minimum absolute atomic E-state index is 0.0178. The van der Waals surface area contributed by atoms with Crippen molar-refractivity contribution in [3.63, 3.8) is 0 Å². The number of amides is 2. The standard InChI is InChI=1S/C13H26N4O2/c1-3-15-12(18)9-17(4-2)13(19)10-16-7-5-11(14)6-8-16/h11H,3-10,14H2,1-2H3,(H,15,18). The Bertz CT molecular complexity index is 301. The third kappa shape index (κ3) is 5.57. The van der Waals surface area contributed by atoms with Crippen LogP contribution in [0.5, 0.6) is 0 Å². The van der Waals surface area contributed by atoms with Gasteiger partial charge in [-0.2, -0.15) is 0 Å². The zero-order valence-electron chi connectivity index (χ0n) is 12.0. The van der Waals surface area contributed by atoms with Gasteiger partial charge in [-0.05, 0) is 26.7 Å². The summed E-state index contributed by atoms with van der Waals surface area (Å²) < 4.78 is 0. The molecule has 0 spiro atoms. The van der Waals surface area contributed by atoms with E-state index in [-0.39, 0.29) is 24.4 Å². The molecule has 1 saturated heterocycles. The molecule has 1 aliphatic rings. The van der Waals surface area contributed by atoms with Crippen molar-refractivity contribution in [3.8, 4) is 0 Å². The summed E-state index contributed by atoms with van der Waals surface area (Å²) in [5.74, 6) is -0.0809. The van der Waals surface area contributed by atoms with Crippen molar-refractivity contribution in [2.45, 2.75) is 32.7 Å². The molecule has 1 heterocycles. The molecule has 2 amide bonds. The number of hydrogen-bond donors (Lipinski definition) is 2. The normalized spacial score (nSPS) is 17.2. The molecule has 6 nitrogen and oxygen atoms in total. The van der Waals surface area contributed by atoms with Crippen molar-refractivity contribution in [1.29, 1.82) is 0 Å². The lowest BCUT2D eigenvalue weighted by Crippen LogP contribution is -2.48. The van der Waals surface area contributed by atoms with Crippen molar-refractivity contribution in [3.05, 3.63) is 0 Å². The number of likely N-dealkylation sites (tertiary alicyclic amines) is 1. The number of rotatable bonds is 6. The lowest BCUT2D eigenvalue weighted by molar-refractivity contribution is -0.137. The molecular formula is C13H26N4O2. The summed E-state index contributed by atoms with van der Waals surface area (Å²) in [4.78, 5) is 27.4. The molecule has 0 unspecified atom stereocenters. The highest BCUT2D eigenvalue weighted by molar-refractivity contribution is 5.85. The highest BCUT2D eigenvalue weighted by Crippen LogP contribution is 2.08. The van der Waals surface area contributed by atoms with Gasteiger partial charge in [0.2, 0.25) is 11.8 Å². The largest absolute Gasteiger partial charge is 0.355 e. The van der Waals surface area contributed by atoms with Gasteiger partial charge >= 0.3 is 0 Å². The lowest BCUT2D eigenvalue weighted by atomic mass is 10.1. The zero-order valence-corrected chi connectivity index (χ0v) is 12.0. The molecule has 1 rings (SSSR count). The van der Waals surface area contributed by atoms with E-state index < -0.39 is 0 Å². The number of likely N-dealkylation sites (N-methyl/N-ethyl adjacent to an activating group) is 2. The molecule has 1 fully saturated rings. The maximum Gasteiger partial charge on any atom is 0.239 e. The molecule has 19 heavy (non-hydrogen) atoms. The molecule has 110 valence electrons. The summed E-state index contributed by atoms with van der Waals surface area (Å²) in [5.41, 5.74) is 5.84. The maximum absolute atomic E-state index is 12.1. The van der Waals surface area contributed by atoms with Crippen LogP contribution in [-0.4, -0.2) is 66.9 Å². The van der Waals surface area contributed by atoms with E-state index >= 15 is 0 Å². The van der Waals surface area contributed by atoms with Crippen molar-refractivity contribution in [2.75, 3.05) is 39.3 Å². The Kier molecular flexibility index (Phi) is 6.80. The molecular weight excluding hydrogens is 244 g/mol. The SMILES string of the molecule is CCNC(=O)CN(CC)C(=O)CN1CCC(N)CC1. The Hall–Kier alpha value is -1.14. The molecule has 1 aliphatic heterocycles. The van der Waals surface area contributed by atoms with Gasteiger partial charge in [0.25, 0.3) is 0 Å². The van der Waals surface area contributed by atoms with Gasteiger partial charge in [-0.15, -0.1) is 0 Å². The smallest absolute Gasteiger partial charge is 0.239 e. The van der Waals surface area contributed by atoms with E-state index in [0.29, 0.717) is 19.6 Å². The molecule has 0 saturated carbocycles. The van der Waals surface area contributed by atoms with Crippen molar-refractivity contribution in [2.24, 2.45) is 5.73 Å². The van der Waals surface area contributed by atoms with E-state index in [9.17, 15) is 9.59 Å². The first kappa shape index (κ1) is 15.9. The average Bonchev–Trinajstić information content (AvgIpc) is 2.39. The van der Waals surface area contributed by atoms with Gasteiger partial charge in [0.05, 0.1) is 13.1 Å². The fraction of sp³-hybridized carbons (Fsp3) is 0.846. The number of hydrogen-bond acceptors (Lipinski definition) is 4. The van der Waals surface area contributed by atoms with Gasteiger partial charge in [-0.3, -0.25) is 14.5 Å². The van der Waals surface area contributed by atoms with Crippen LogP contribution in [0.1, 0.15) is 26.7 Å². The molecule has 0 bridgehead atoms. The Morgan fingerprint density at radius 2 is 1.95 bits per heavy atom. The van der Waals surface area contributed by atoms with Gasteiger partial charge in [0.15, 0.2) is 0 Å². The summed E-state index contributed by atoms with van der Waals surface area (Å²) in [6.45, 7) is 7.18. The first-order valence-corrected chi connectivity index (χ1v) is 7.09. The van der Waals surface area contributed by atoms with Gasteiger partial charge in [0, 0.05) is 32.2 Å². The number of carbonyl (C=O) groups is 2. The third-order valence-electron chi connectivity index (χ3n) is 3.43. The Morgan fingerprint density at radius 1 is 1.32 bits per heavy atom. The van der Waals surface area contributed by atoms with Crippen LogP contribution in [0.2, 0.25) is 0 Å². The lowest BCUT2D eigenvalue weighted by Gasteiger charge is -2.31. The summed E-state index contributed by atoms with van der Waals surface area (Å²) in [7, 11) is 0. The van der Waals surface area contributed by atoms with E-state index in [1.54, 1.807) is 4.90 Å². The van der Waals surface area contributed by atoms with E-state index in [4.69, 9.17) is 5.73 Å². The molecule has 0 aromatic heterocycles. The zero-order chi connectivity index (χ0) is 14.3. The molecule has 0 aromatic rings. The van der Waals surface area contributed by atoms with Gasteiger partial charge in [-0.25, -0.2) is 0 Å². The van der Waals surface area contributed by atoms with Gasteiger partial charge < -0.3 is 16.0 Å². The maximum atomic E-state index is 12.1. The van der Waals surface area contributed by atoms with E-state index in [1.807, 2.05) is 13.8 Å². The number of nitrogens with one attached hydrogen (secondary N) is 1. The van der Waals surface area contributed by atoms with Crippen LogP contribution < -0.4 is 11.1 Å². The second-order valence-corrected chi connectivity index (χ2v) is 4.97. The Labute approximate surface area is 115 Å². The predicted octanol–water partition coefficient (Wildman–Crippen LogP) is -0.606. The topological polar surface area (TPSA) is 78.7 Å². The van der Waals surface area contributed by atoms with Crippen LogP contribution >= 0.6 is 0 Å². The summed E-state index contributed by atoms with van der Waals surface area (Å²) in [6.07, 6.45) is 1.88. The monoisotopic (exact) mass is 270 g/mol. The number of carbonyl (C=O) groups excluding carboxylic acids is 2. The van der Waals surface area contributed by atoms with Crippen LogP contribution in [0.3, 0.4) is 0 Å². The molecule has 0 atom stereocenters. The van der Waals surface area contributed by atoms with Crippen LogP contribution in [-0.2, 0) is 9.59 Å². The van der Waals surface area contributed by atoms with Crippen LogP contribution in [0.4, 0.5) is 0 Å². The minimum Gasteiger partial charge on any atom is -0.355 e. The fourth-order valence-corrected chi connectivity index (χ4v) is 2.21. The highest BCUT2D eigenvalue weighted by Gasteiger charge is 2.21. The van der Waals surface area contributed by atoms with Gasteiger partial charge in [-0.1, -0.05) is 0 Å². The minimum atomic E-state index is -0.0987. The quantitative estimate of drug-likeness (QED) is 0.675. The second-order valence-electron chi connectivity index (χ2n) is 4.97. The van der Waals surface area contributed by atoms with Gasteiger partial charge in [0.1, 0.15) is 0 Å². The van der Waals surface area contributed by atoms with Crippen LogP contribution in [0, 0.1) is 0 Å². The number of nitrogens with two attached hydrogens (primary N) is 1. The average molecular weight is 270 g/mol. The Balaban J connectivity index is 2.38. The highest BCUT2D eigenvalue weighted by atomic mass is 16.2. The third-order valence-corrected chi connectivity index (χ3v) is 3.43. The first-order chi connectivity index (χ1) is 9.06. The van der Waals surface area contributed by atoms with E-state index in [1.165, 1.54) is 0 Å². The Morgan fingerprint density at radius 3 is 2.47 bits per heavy atom. The second kappa shape index (κ2) is 8.12. The van der Waals surface area contributed by atoms with Crippen LogP contribution in [0.15, 0.2) is 0 Å². The fourth-order valence-electron chi connectivity index (χ4n) is 2.21. The first-order valence-electron chi connectivity index (χ1n) is 7.09. The number of nitrogens with zero attached hydrogens (tertiary/aromatic N) is 2. The predicted molar refractivity (Wildman–Crippen MR) is 74.6 cm³/mol.